The lowest BCUT2D eigenvalue weighted by Crippen LogP contribution is -2.06. The minimum Gasteiger partial charge on any atom is -0.0848 e. The largest absolute Gasteiger partial charge is 0.0848 e. The van der Waals surface area contributed by atoms with Gasteiger partial charge in [0, 0.05) is 5.92 Å². The summed E-state index contributed by atoms with van der Waals surface area (Å²) in [7, 11) is 0. The Hall–Kier alpha value is -1.04. The monoisotopic (exact) mass is 228 g/mol. The van der Waals surface area contributed by atoms with E-state index < -0.39 is 0 Å². The molecule has 0 heterocycles. The Morgan fingerprint density at radius 2 is 1.76 bits per heavy atom. The molecule has 17 heavy (non-hydrogen) atoms. The molecule has 0 fully saturated rings. The van der Waals surface area contributed by atoms with Crippen LogP contribution in [0.4, 0.5) is 0 Å². The predicted molar refractivity (Wildman–Crippen MR) is 75.3 cm³/mol. The fourth-order valence-electron chi connectivity index (χ4n) is 2.72. The van der Waals surface area contributed by atoms with Crippen LogP contribution in [0.2, 0.25) is 0 Å². The first-order valence-corrected chi connectivity index (χ1v) is 7.10. The predicted octanol–water partition coefficient (Wildman–Crippen LogP) is 5.10. The van der Waals surface area contributed by atoms with E-state index in [1.165, 1.54) is 43.2 Å². The van der Waals surface area contributed by atoms with Gasteiger partial charge in [0.2, 0.25) is 0 Å². The summed E-state index contributed by atoms with van der Waals surface area (Å²) in [5, 5.41) is 0. The molecule has 1 aromatic rings. The van der Waals surface area contributed by atoms with Crippen molar-refractivity contribution in [3.8, 4) is 0 Å². The normalized spacial score (nSPS) is 23.9. The first kappa shape index (κ1) is 12.4. The van der Waals surface area contributed by atoms with Crippen LogP contribution in [0.25, 0.3) is 0 Å². The molecule has 92 valence electrons. The van der Waals surface area contributed by atoms with Crippen molar-refractivity contribution in [3.63, 3.8) is 0 Å². The second kappa shape index (κ2) is 6.05. The molecule has 0 saturated heterocycles. The molecule has 2 unspecified atom stereocenters. The first-order chi connectivity index (χ1) is 8.33. The van der Waals surface area contributed by atoms with E-state index in [4.69, 9.17) is 0 Å². The minimum atomic E-state index is 0.661. The van der Waals surface area contributed by atoms with Crippen LogP contribution in [0.5, 0.6) is 0 Å². The third-order valence-electron chi connectivity index (χ3n) is 3.93. The molecule has 0 radical (unpaired) electrons. The fourth-order valence-corrected chi connectivity index (χ4v) is 2.72. The molecular weight excluding hydrogens is 204 g/mol. The number of hydrogen-bond acceptors (Lipinski definition) is 0. The van der Waals surface area contributed by atoms with Crippen molar-refractivity contribution >= 4 is 0 Å². The molecule has 1 aliphatic rings. The molecule has 0 aliphatic heterocycles. The van der Waals surface area contributed by atoms with Crippen LogP contribution in [0.1, 0.15) is 56.6 Å². The quantitative estimate of drug-likeness (QED) is 0.629. The summed E-state index contributed by atoms with van der Waals surface area (Å²) in [5.74, 6) is 1.49. The highest BCUT2D eigenvalue weighted by atomic mass is 14.2. The van der Waals surface area contributed by atoms with Crippen molar-refractivity contribution in [2.24, 2.45) is 5.92 Å². The Balaban J connectivity index is 2.03. The van der Waals surface area contributed by atoms with Crippen molar-refractivity contribution in [2.45, 2.75) is 51.9 Å². The lowest BCUT2D eigenvalue weighted by molar-refractivity contribution is 0.499. The van der Waals surface area contributed by atoms with Gasteiger partial charge in [-0.05, 0) is 42.7 Å². The molecule has 0 N–H and O–H groups in total. The zero-order valence-corrected chi connectivity index (χ0v) is 11.2. The summed E-state index contributed by atoms with van der Waals surface area (Å²) >= 11 is 0. The number of benzene rings is 1. The molecule has 2 atom stereocenters. The van der Waals surface area contributed by atoms with Crippen molar-refractivity contribution < 1.29 is 0 Å². The molecule has 0 heteroatoms. The average molecular weight is 228 g/mol. The van der Waals surface area contributed by atoms with Crippen LogP contribution in [0.3, 0.4) is 0 Å². The zero-order valence-electron chi connectivity index (χ0n) is 11.2. The maximum absolute atomic E-state index is 2.42. The van der Waals surface area contributed by atoms with Crippen LogP contribution in [-0.2, 0) is 6.42 Å². The summed E-state index contributed by atoms with van der Waals surface area (Å²) in [4.78, 5) is 0. The van der Waals surface area contributed by atoms with Gasteiger partial charge in [0.25, 0.3) is 0 Å². The van der Waals surface area contributed by atoms with Crippen molar-refractivity contribution in [3.05, 3.63) is 47.5 Å². The SMILES string of the molecule is CCCc1ccc(C2C=CC(CC)CC2)cc1. The molecule has 0 spiro atoms. The highest BCUT2D eigenvalue weighted by Gasteiger charge is 2.15. The highest BCUT2D eigenvalue weighted by molar-refractivity contribution is 5.29. The number of hydrogen-bond donors (Lipinski definition) is 0. The van der Waals surface area contributed by atoms with Crippen molar-refractivity contribution in [1.82, 2.24) is 0 Å². The summed E-state index contributed by atoms with van der Waals surface area (Å²) in [5.41, 5.74) is 2.97. The summed E-state index contributed by atoms with van der Waals surface area (Å²) in [6.07, 6.45) is 11.3. The van der Waals surface area contributed by atoms with E-state index in [0.717, 1.165) is 5.92 Å². The zero-order chi connectivity index (χ0) is 12.1. The standard InChI is InChI=1S/C17H24/c1-3-5-15-8-12-17(13-9-15)16-10-6-14(4-2)7-11-16/h6,8-10,12-14,16H,3-5,7,11H2,1-2H3. The summed E-state index contributed by atoms with van der Waals surface area (Å²) in [6, 6.07) is 9.26. The Kier molecular flexibility index (Phi) is 4.42. The van der Waals surface area contributed by atoms with E-state index in [0.29, 0.717) is 5.92 Å². The topological polar surface area (TPSA) is 0 Å². The molecule has 2 rings (SSSR count). The van der Waals surface area contributed by atoms with Gasteiger partial charge in [0.05, 0.1) is 0 Å². The molecule has 0 aromatic heterocycles. The van der Waals surface area contributed by atoms with Gasteiger partial charge >= 0.3 is 0 Å². The van der Waals surface area contributed by atoms with E-state index in [2.05, 4.69) is 50.3 Å². The molecule has 0 bridgehead atoms. The molecule has 0 amide bonds. The average Bonchev–Trinajstić information content (AvgIpc) is 2.40. The summed E-state index contributed by atoms with van der Waals surface area (Å²) in [6.45, 7) is 4.53. The van der Waals surface area contributed by atoms with Gasteiger partial charge in [0.15, 0.2) is 0 Å². The van der Waals surface area contributed by atoms with E-state index in [1.54, 1.807) is 0 Å². The minimum absolute atomic E-state index is 0.661. The second-order valence-electron chi connectivity index (χ2n) is 5.23. The van der Waals surface area contributed by atoms with Gasteiger partial charge in [-0.25, -0.2) is 0 Å². The van der Waals surface area contributed by atoms with Gasteiger partial charge < -0.3 is 0 Å². The van der Waals surface area contributed by atoms with Crippen LogP contribution in [0, 0.1) is 5.92 Å². The Labute approximate surface area is 106 Å². The Morgan fingerprint density at radius 3 is 2.29 bits per heavy atom. The van der Waals surface area contributed by atoms with E-state index in [1.807, 2.05) is 0 Å². The van der Waals surface area contributed by atoms with E-state index >= 15 is 0 Å². The van der Waals surface area contributed by atoms with Crippen LogP contribution in [-0.4, -0.2) is 0 Å². The number of allylic oxidation sites excluding steroid dienone is 2. The van der Waals surface area contributed by atoms with Crippen LogP contribution < -0.4 is 0 Å². The molecule has 0 nitrogen and oxygen atoms in total. The van der Waals surface area contributed by atoms with Crippen LogP contribution >= 0.6 is 0 Å². The van der Waals surface area contributed by atoms with E-state index in [9.17, 15) is 0 Å². The lowest BCUT2D eigenvalue weighted by Gasteiger charge is -2.22. The Bertz CT molecular complexity index is 358. The third kappa shape index (κ3) is 3.21. The van der Waals surface area contributed by atoms with Gasteiger partial charge in [-0.2, -0.15) is 0 Å². The molecule has 1 aromatic carbocycles. The van der Waals surface area contributed by atoms with Gasteiger partial charge in [-0.3, -0.25) is 0 Å². The van der Waals surface area contributed by atoms with Crippen LogP contribution in [0.15, 0.2) is 36.4 Å². The van der Waals surface area contributed by atoms with Gasteiger partial charge in [-0.15, -0.1) is 0 Å². The highest BCUT2D eigenvalue weighted by Crippen LogP contribution is 2.31. The second-order valence-corrected chi connectivity index (χ2v) is 5.23. The molecule has 1 aliphatic carbocycles. The maximum Gasteiger partial charge on any atom is 0.00182 e. The molecular formula is C17H24. The summed E-state index contributed by atoms with van der Waals surface area (Å²) < 4.78 is 0. The number of aryl methyl sites for hydroxylation is 1. The maximum atomic E-state index is 2.42. The van der Waals surface area contributed by atoms with Gasteiger partial charge in [-0.1, -0.05) is 56.7 Å². The lowest BCUT2D eigenvalue weighted by atomic mass is 9.83. The smallest absolute Gasteiger partial charge is 0.00182 e. The van der Waals surface area contributed by atoms with E-state index in [-0.39, 0.29) is 0 Å². The Morgan fingerprint density at radius 1 is 1.00 bits per heavy atom. The number of rotatable bonds is 4. The molecule has 0 saturated carbocycles. The van der Waals surface area contributed by atoms with Gasteiger partial charge in [0.1, 0.15) is 0 Å². The fraction of sp³-hybridized carbons (Fsp3) is 0.529. The first-order valence-electron chi connectivity index (χ1n) is 7.10. The van der Waals surface area contributed by atoms with Crippen molar-refractivity contribution in [2.75, 3.05) is 0 Å². The van der Waals surface area contributed by atoms with Crippen molar-refractivity contribution in [1.29, 1.82) is 0 Å². The third-order valence-corrected chi connectivity index (χ3v) is 3.93.